The van der Waals surface area contributed by atoms with E-state index in [9.17, 15) is 9.59 Å². The molecule has 1 aromatic heterocycles. The number of anilines is 2. The topological polar surface area (TPSA) is 91.2 Å². The van der Waals surface area contributed by atoms with Crippen molar-refractivity contribution in [3.05, 3.63) is 58.8 Å². The number of hydrogen-bond acceptors (Lipinski definition) is 3. The van der Waals surface area contributed by atoms with Gasteiger partial charge >= 0.3 is 0 Å². The maximum atomic E-state index is 13.0. The maximum absolute atomic E-state index is 13.0. The molecule has 0 spiro atoms. The Morgan fingerprint density at radius 3 is 2.46 bits per heavy atom. The van der Waals surface area contributed by atoms with Gasteiger partial charge in [0.15, 0.2) is 0 Å². The Morgan fingerprint density at radius 2 is 1.75 bits per heavy atom. The minimum atomic E-state index is -0.511. The number of H-pyrrole nitrogens is 1. The Balaban J connectivity index is 1.69. The number of benzene rings is 2. The van der Waals surface area contributed by atoms with Crippen molar-refractivity contribution in [1.82, 2.24) is 4.98 Å². The smallest absolute Gasteiger partial charge is 0.255 e. The number of aromatic nitrogens is 1. The number of nitrogens with zero attached hydrogens (tertiary/aromatic N) is 1. The molecule has 0 bridgehead atoms. The van der Waals surface area contributed by atoms with Gasteiger partial charge in [-0.25, -0.2) is 0 Å². The van der Waals surface area contributed by atoms with E-state index >= 15 is 0 Å². The Bertz CT molecular complexity index is 1080. The van der Waals surface area contributed by atoms with Gasteiger partial charge in [-0.15, -0.1) is 0 Å². The van der Waals surface area contributed by atoms with Gasteiger partial charge in [0.2, 0.25) is 5.91 Å². The van der Waals surface area contributed by atoms with Crippen LogP contribution in [0.5, 0.6) is 0 Å². The molecule has 2 heterocycles. The van der Waals surface area contributed by atoms with Gasteiger partial charge in [0.05, 0.1) is 11.4 Å². The van der Waals surface area contributed by atoms with Crippen LogP contribution in [0.15, 0.2) is 36.4 Å². The van der Waals surface area contributed by atoms with Crippen molar-refractivity contribution in [2.75, 3.05) is 23.3 Å². The summed E-state index contributed by atoms with van der Waals surface area (Å²) in [6, 6.07) is 10.9. The van der Waals surface area contributed by atoms with Crippen LogP contribution < -0.4 is 16.0 Å². The van der Waals surface area contributed by atoms with Gasteiger partial charge in [0.25, 0.3) is 5.91 Å². The molecule has 3 aromatic rings. The summed E-state index contributed by atoms with van der Waals surface area (Å²) in [7, 11) is 0. The van der Waals surface area contributed by atoms with Crippen molar-refractivity contribution < 1.29 is 9.59 Å². The molecule has 4 N–H and O–H groups in total. The number of carbonyl (C=O) groups excluding carboxylic acids is 2. The number of aryl methyl sites for hydroxylation is 2. The highest BCUT2D eigenvalue weighted by molar-refractivity contribution is 6.08. The number of nitrogens with one attached hydrogen (secondary N) is 2. The first-order valence-electron chi connectivity index (χ1n) is 9.53. The third-order valence-electron chi connectivity index (χ3n) is 5.55. The van der Waals surface area contributed by atoms with Crippen LogP contribution in [0, 0.1) is 13.8 Å². The zero-order valence-corrected chi connectivity index (χ0v) is 16.1. The number of aromatic amines is 1. The van der Waals surface area contributed by atoms with Crippen molar-refractivity contribution in [2.45, 2.75) is 26.7 Å². The quantitative estimate of drug-likeness (QED) is 0.648. The van der Waals surface area contributed by atoms with E-state index in [4.69, 9.17) is 5.73 Å². The average Bonchev–Trinajstić information content (AvgIpc) is 3.30. The molecule has 6 heteroatoms. The monoisotopic (exact) mass is 376 g/mol. The maximum Gasteiger partial charge on any atom is 0.255 e. The van der Waals surface area contributed by atoms with E-state index in [-0.39, 0.29) is 5.91 Å². The van der Waals surface area contributed by atoms with E-state index in [1.54, 1.807) is 18.2 Å². The molecular formula is C22H24N4O2. The third-order valence-corrected chi connectivity index (χ3v) is 5.55. The summed E-state index contributed by atoms with van der Waals surface area (Å²) >= 11 is 0. The van der Waals surface area contributed by atoms with Crippen LogP contribution in [0.25, 0.3) is 10.9 Å². The lowest BCUT2D eigenvalue weighted by atomic mass is 10.1. The number of primary amides is 1. The van der Waals surface area contributed by atoms with E-state index in [1.165, 1.54) is 0 Å². The first-order valence-corrected chi connectivity index (χ1v) is 9.53. The average molecular weight is 376 g/mol. The first kappa shape index (κ1) is 18.1. The lowest BCUT2D eigenvalue weighted by molar-refractivity contribution is 0.0996. The second kappa shape index (κ2) is 7.03. The molecule has 1 saturated heterocycles. The molecular weight excluding hydrogens is 352 g/mol. The molecule has 1 fully saturated rings. The first-order chi connectivity index (χ1) is 13.4. The SMILES string of the molecule is Cc1[nH]c2ccc(C(=O)Nc3cc(C(N)=O)ccc3N3CCCC3)cc2c1C. The zero-order valence-electron chi connectivity index (χ0n) is 16.1. The van der Waals surface area contributed by atoms with Crippen LogP contribution >= 0.6 is 0 Å². The zero-order chi connectivity index (χ0) is 19.8. The molecule has 1 aliphatic rings. The highest BCUT2D eigenvalue weighted by atomic mass is 16.2. The minimum Gasteiger partial charge on any atom is -0.370 e. The van der Waals surface area contributed by atoms with Crippen LogP contribution in [0.3, 0.4) is 0 Å². The number of rotatable bonds is 4. The third kappa shape index (κ3) is 3.22. The summed E-state index contributed by atoms with van der Waals surface area (Å²) in [5.74, 6) is -0.717. The molecule has 0 saturated carbocycles. The molecule has 0 unspecified atom stereocenters. The highest BCUT2D eigenvalue weighted by Crippen LogP contribution is 2.31. The lowest BCUT2D eigenvalue weighted by Crippen LogP contribution is -2.22. The largest absolute Gasteiger partial charge is 0.370 e. The summed E-state index contributed by atoms with van der Waals surface area (Å²) in [6.07, 6.45) is 2.24. The normalized spacial score (nSPS) is 13.9. The number of nitrogens with two attached hydrogens (primary N) is 1. The van der Waals surface area contributed by atoms with Crippen LogP contribution in [0.4, 0.5) is 11.4 Å². The van der Waals surface area contributed by atoms with Gasteiger partial charge < -0.3 is 20.9 Å². The van der Waals surface area contributed by atoms with Crippen LogP contribution in [-0.4, -0.2) is 29.9 Å². The fourth-order valence-electron chi connectivity index (χ4n) is 3.82. The Morgan fingerprint density at radius 1 is 1.04 bits per heavy atom. The summed E-state index contributed by atoms with van der Waals surface area (Å²) < 4.78 is 0. The summed E-state index contributed by atoms with van der Waals surface area (Å²) in [6.45, 7) is 5.93. The number of hydrogen-bond donors (Lipinski definition) is 3. The lowest BCUT2D eigenvalue weighted by Gasteiger charge is -2.22. The Kier molecular flexibility index (Phi) is 4.55. The van der Waals surface area contributed by atoms with E-state index in [2.05, 4.69) is 15.2 Å². The van der Waals surface area contributed by atoms with Crippen LogP contribution in [0.1, 0.15) is 44.8 Å². The molecule has 0 aliphatic carbocycles. The minimum absolute atomic E-state index is 0.206. The van der Waals surface area contributed by atoms with Crippen molar-refractivity contribution in [3.63, 3.8) is 0 Å². The Labute approximate surface area is 163 Å². The number of fused-ring (bicyclic) bond motifs is 1. The van der Waals surface area contributed by atoms with E-state index in [1.807, 2.05) is 32.0 Å². The van der Waals surface area contributed by atoms with Gasteiger partial charge in [-0.3, -0.25) is 9.59 Å². The van der Waals surface area contributed by atoms with Crippen molar-refractivity contribution in [1.29, 1.82) is 0 Å². The Hall–Kier alpha value is -3.28. The van der Waals surface area contributed by atoms with Gasteiger partial charge in [-0.05, 0) is 68.7 Å². The summed E-state index contributed by atoms with van der Waals surface area (Å²) in [5, 5.41) is 4.03. The predicted octanol–water partition coefficient (Wildman–Crippen LogP) is 3.74. The molecule has 2 aromatic carbocycles. The number of carbonyl (C=O) groups is 2. The van der Waals surface area contributed by atoms with E-state index in [0.29, 0.717) is 16.8 Å². The second-order valence-corrected chi connectivity index (χ2v) is 7.38. The summed E-state index contributed by atoms with van der Waals surface area (Å²) in [4.78, 5) is 30.1. The van der Waals surface area contributed by atoms with Crippen molar-refractivity contribution in [2.24, 2.45) is 5.73 Å². The molecule has 28 heavy (non-hydrogen) atoms. The second-order valence-electron chi connectivity index (χ2n) is 7.38. The highest BCUT2D eigenvalue weighted by Gasteiger charge is 2.19. The number of amides is 2. The fourth-order valence-corrected chi connectivity index (χ4v) is 3.82. The van der Waals surface area contributed by atoms with Crippen molar-refractivity contribution >= 4 is 34.1 Å². The predicted molar refractivity (Wildman–Crippen MR) is 112 cm³/mol. The van der Waals surface area contributed by atoms with E-state index in [0.717, 1.165) is 53.8 Å². The molecule has 1 aliphatic heterocycles. The molecule has 2 amide bonds. The standard InChI is InChI=1S/C22H24N4O2/c1-13-14(2)24-18-7-5-16(11-17(13)18)22(28)25-19-12-15(21(23)27)6-8-20(19)26-9-3-4-10-26/h5-8,11-12,24H,3-4,9-10H2,1-2H3,(H2,23,27)(H,25,28). The van der Waals surface area contributed by atoms with Crippen LogP contribution in [-0.2, 0) is 0 Å². The fraction of sp³-hybridized carbons (Fsp3) is 0.273. The molecule has 4 rings (SSSR count). The van der Waals surface area contributed by atoms with Gasteiger partial charge in [0.1, 0.15) is 0 Å². The molecule has 144 valence electrons. The molecule has 6 nitrogen and oxygen atoms in total. The van der Waals surface area contributed by atoms with Crippen molar-refractivity contribution in [3.8, 4) is 0 Å². The molecule has 0 atom stereocenters. The van der Waals surface area contributed by atoms with Gasteiger partial charge in [0, 0.05) is 40.8 Å². The van der Waals surface area contributed by atoms with Crippen LogP contribution in [0.2, 0.25) is 0 Å². The molecule has 0 radical (unpaired) electrons. The van der Waals surface area contributed by atoms with E-state index < -0.39 is 5.91 Å². The van der Waals surface area contributed by atoms with Gasteiger partial charge in [-0.1, -0.05) is 0 Å². The van der Waals surface area contributed by atoms with Gasteiger partial charge in [-0.2, -0.15) is 0 Å². The summed E-state index contributed by atoms with van der Waals surface area (Å²) in [5.41, 5.74) is 11.2.